The van der Waals surface area contributed by atoms with Gasteiger partial charge in [-0.3, -0.25) is 10.1 Å². The predicted octanol–water partition coefficient (Wildman–Crippen LogP) is 4.24. The molecule has 1 aromatic heterocycles. The molecule has 0 aliphatic rings. The van der Waals surface area contributed by atoms with Gasteiger partial charge >= 0.3 is 0 Å². The van der Waals surface area contributed by atoms with Gasteiger partial charge in [-0.15, -0.1) is 11.3 Å². The maximum Gasteiger partial charge on any atom is 0.261 e. The fraction of sp³-hybridized carbons (Fsp3) is 0. The summed E-state index contributed by atoms with van der Waals surface area (Å²) in [5.74, 6) is -0.878. The van der Waals surface area contributed by atoms with Crippen molar-refractivity contribution in [3.63, 3.8) is 0 Å². The highest BCUT2D eigenvalue weighted by Crippen LogP contribution is 2.28. The Morgan fingerprint density at radius 3 is 2.57 bits per heavy atom. The van der Waals surface area contributed by atoms with Crippen LogP contribution in [0.2, 0.25) is 0 Å². The molecule has 0 saturated carbocycles. The van der Waals surface area contributed by atoms with Gasteiger partial charge in [-0.1, -0.05) is 28.1 Å². The number of nitrogens with zero attached hydrogens (tertiary/aromatic N) is 1. The Labute approximate surface area is 144 Å². The van der Waals surface area contributed by atoms with E-state index in [4.69, 9.17) is 0 Å². The molecule has 0 bridgehead atoms. The summed E-state index contributed by atoms with van der Waals surface area (Å²) < 4.78 is 0.979. The van der Waals surface area contributed by atoms with Crippen LogP contribution >= 0.6 is 27.3 Å². The van der Waals surface area contributed by atoms with E-state index >= 15 is 0 Å². The zero-order valence-corrected chi connectivity index (χ0v) is 14.1. The molecule has 116 valence electrons. The number of thiazole rings is 1. The Kier molecular flexibility index (Phi) is 4.31. The van der Waals surface area contributed by atoms with E-state index < -0.39 is 5.91 Å². The number of halogens is 1. The van der Waals surface area contributed by atoms with Gasteiger partial charge in [0.1, 0.15) is 11.5 Å². The van der Waals surface area contributed by atoms with Crippen molar-refractivity contribution < 1.29 is 15.0 Å². The molecule has 23 heavy (non-hydrogen) atoms. The van der Waals surface area contributed by atoms with E-state index in [2.05, 4.69) is 26.2 Å². The Morgan fingerprint density at radius 2 is 1.87 bits per heavy atom. The van der Waals surface area contributed by atoms with Crippen molar-refractivity contribution >= 4 is 38.3 Å². The van der Waals surface area contributed by atoms with Crippen molar-refractivity contribution in [1.29, 1.82) is 0 Å². The van der Waals surface area contributed by atoms with Gasteiger partial charge in [0.2, 0.25) is 0 Å². The Hall–Kier alpha value is -2.38. The number of phenolic OH excluding ortho intramolecular Hbond substituents is 2. The third-order valence-corrected chi connectivity index (χ3v) is 4.38. The van der Waals surface area contributed by atoms with Crippen LogP contribution in [0.15, 0.2) is 52.3 Å². The number of hydrogen-bond acceptors (Lipinski definition) is 5. The molecule has 0 fully saturated rings. The van der Waals surface area contributed by atoms with Crippen molar-refractivity contribution in [2.75, 3.05) is 5.32 Å². The summed E-state index contributed by atoms with van der Waals surface area (Å²) in [6.07, 6.45) is 0. The number of phenols is 2. The van der Waals surface area contributed by atoms with E-state index in [1.54, 1.807) is 0 Å². The predicted molar refractivity (Wildman–Crippen MR) is 93.0 cm³/mol. The second kappa shape index (κ2) is 6.39. The first-order valence-electron chi connectivity index (χ1n) is 6.58. The SMILES string of the molecule is O=C(Nc1nc(-c2ccc(Br)cc2)cs1)c1ccc(O)cc1O. The largest absolute Gasteiger partial charge is 0.508 e. The standard InChI is InChI=1S/C16H11BrN2O3S/c17-10-3-1-9(2-4-10)13-8-23-16(18-13)19-15(22)12-6-5-11(20)7-14(12)21/h1-8,20-21H,(H,18,19,22). The molecule has 0 atom stereocenters. The number of nitrogens with one attached hydrogen (secondary N) is 1. The molecule has 0 aliphatic heterocycles. The fourth-order valence-electron chi connectivity index (χ4n) is 1.96. The highest BCUT2D eigenvalue weighted by atomic mass is 79.9. The first kappa shape index (κ1) is 15.5. The summed E-state index contributed by atoms with van der Waals surface area (Å²) in [6, 6.07) is 11.5. The van der Waals surface area contributed by atoms with Crippen LogP contribution in [0.25, 0.3) is 11.3 Å². The summed E-state index contributed by atoms with van der Waals surface area (Å²) in [6.45, 7) is 0. The van der Waals surface area contributed by atoms with Gasteiger partial charge in [-0.2, -0.15) is 0 Å². The summed E-state index contributed by atoms with van der Waals surface area (Å²) in [5.41, 5.74) is 1.77. The van der Waals surface area contributed by atoms with Crippen molar-refractivity contribution in [3.05, 3.63) is 57.9 Å². The molecule has 1 heterocycles. The highest BCUT2D eigenvalue weighted by Gasteiger charge is 2.14. The minimum atomic E-state index is -0.487. The van der Waals surface area contributed by atoms with Crippen molar-refractivity contribution in [2.24, 2.45) is 0 Å². The van der Waals surface area contributed by atoms with Crippen LogP contribution < -0.4 is 5.32 Å². The van der Waals surface area contributed by atoms with Gasteiger partial charge in [0, 0.05) is 21.5 Å². The number of carbonyl (C=O) groups is 1. The third kappa shape index (κ3) is 3.52. The van der Waals surface area contributed by atoms with Crippen molar-refractivity contribution in [3.8, 4) is 22.8 Å². The number of aromatic nitrogens is 1. The number of carbonyl (C=O) groups excluding carboxylic acids is 1. The lowest BCUT2D eigenvalue weighted by atomic mass is 10.2. The van der Waals surface area contributed by atoms with Crippen LogP contribution in [-0.2, 0) is 0 Å². The maximum atomic E-state index is 12.1. The van der Waals surface area contributed by atoms with E-state index in [-0.39, 0.29) is 17.1 Å². The van der Waals surface area contributed by atoms with Gasteiger partial charge in [-0.05, 0) is 24.3 Å². The number of amides is 1. The zero-order chi connectivity index (χ0) is 16.4. The van der Waals surface area contributed by atoms with Crippen LogP contribution in [0.1, 0.15) is 10.4 Å². The molecule has 0 radical (unpaired) electrons. The first-order valence-corrected chi connectivity index (χ1v) is 8.25. The van der Waals surface area contributed by atoms with Crippen molar-refractivity contribution in [2.45, 2.75) is 0 Å². The third-order valence-electron chi connectivity index (χ3n) is 3.09. The zero-order valence-electron chi connectivity index (χ0n) is 11.7. The number of aromatic hydroxyl groups is 2. The van der Waals surface area contributed by atoms with Gasteiger partial charge in [-0.25, -0.2) is 4.98 Å². The Morgan fingerprint density at radius 1 is 1.13 bits per heavy atom. The molecule has 0 aliphatic carbocycles. The summed E-state index contributed by atoms with van der Waals surface area (Å²) in [5, 5.41) is 23.9. The molecule has 0 spiro atoms. The van der Waals surface area contributed by atoms with Gasteiger partial charge in [0.25, 0.3) is 5.91 Å². The number of rotatable bonds is 3. The molecule has 2 aromatic carbocycles. The molecule has 1 amide bonds. The van der Waals surface area contributed by atoms with Crippen LogP contribution in [-0.4, -0.2) is 21.1 Å². The molecular formula is C16H11BrN2O3S. The average molecular weight is 391 g/mol. The van der Waals surface area contributed by atoms with E-state index in [1.165, 1.54) is 23.5 Å². The van der Waals surface area contributed by atoms with E-state index in [0.717, 1.165) is 21.8 Å². The lowest BCUT2D eigenvalue weighted by Crippen LogP contribution is -2.11. The molecule has 3 aromatic rings. The quantitative estimate of drug-likeness (QED) is 0.624. The van der Waals surface area contributed by atoms with Crippen LogP contribution in [0.5, 0.6) is 11.5 Å². The van der Waals surface area contributed by atoms with Gasteiger partial charge in [0.05, 0.1) is 11.3 Å². The maximum absolute atomic E-state index is 12.1. The second-order valence-electron chi connectivity index (χ2n) is 4.70. The second-order valence-corrected chi connectivity index (χ2v) is 6.47. The summed E-state index contributed by atoms with van der Waals surface area (Å²) >= 11 is 4.67. The molecule has 5 nitrogen and oxygen atoms in total. The smallest absolute Gasteiger partial charge is 0.261 e. The first-order chi connectivity index (χ1) is 11.0. The highest BCUT2D eigenvalue weighted by molar-refractivity contribution is 9.10. The lowest BCUT2D eigenvalue weighted by Gasteiger charge is -2.04. The van der Waals surface area contributed by atoms with Crippen molar-refractivity contribution in [1.82, 2.24) is 4.98 Å². The molecule has 0 unspecified atom stereocenters. The number of benzene rings is 2. The topological polar surface area (TPSA) is 82.5 Å². The van der Waals surface area contributed by atoms with Crippen LogP contribution in [0.4, 0.5) is 5.13 Å². The Balaban J connectivity index is 1.78. The van der Waals surface area contributed by atoms with E-state index in [0.29, 0.717) is 5.13 Å². The number of anilines is 1. The molecular weight excluding hydrogens is 380 g/mol. The normalized spacial score (nSPS) is 10.5. The van der Waals surface area contributed by atoms with Gasteiger partial charge < -0.3 is 10.2 Å². The van der Waals surface area contributed by atoms with Crippen LogP contribution in [0.3, 0.4) is 0 Å². The van der Waals surface area contributed by atoms with Gasteiger partial charge in [0.15, 0.2) is 5.13 Å². The molecule has 0 saturated heterocycles. The summed E-state index contributed by atoms with van der Waals surface area (Å²) in [7, 11) is 0. The van der Waals surface area contributed by atoms with Crippen LogP contribution in [0, 0.1) is 0 Å². The number of hydrogen-bond donors (Lipinski definition) is 3. The van der Waals surface area contributed by atoms with E-state index in [1.807, 2.05) is 29.6 Å². The van der Waals surface area contributed by atoms with E-state index in [9.17, 15) is 15.0 Å². The minimum Gasteiger partial charge on any atom is -0.508 e. The Bertz CT molecular complexity index is 862. The summed E-state index contributed by atoms with van der Waals surface area (Å²) in [4.78, 5) is 16.5. The minimum absolute atomic E-state index is 0.0724. The lowest BCUT2D eigenvalue weighted by molar-refractivity contribution is 0.102. The molecule has 3 rings (SSSR count). The monoisotopic (exact) mass is 390 g/mol. The molecule has 7 heteroatoms. The fourth-order valence-corrected chi connectivity index (χ4v) is 2.94. The molecule has 3 N–H and O–H groups in total. The average Bonchev–Trinajstić information content (AvgIpc) is 2.96.